The Labute approximate surface area is 154 Å². The van der Waals surface area contributed by atoms with Gasteiger partial charge >= 0.3 is 0 Å². The lowest BCUT2D eigenvalue weighted by molar-refractivity contribution is 0.177. The van der Waals surface area contributed by atoms with Crippen molar-refractivity contribution in [1.82, 2.24) is 14.5 Å². The highest BCUT2D eigenvalue weighted by Gasteiger charge is 2.32. The van der Waals surface area contributed by atoms with Crippen molar-refractivity contribution in [1.29, 1.82) is 0 Å². The molecule has 130 valence electrons. The van der Waals surface area contributed by atoms with Crippen LogP contribution < -0.4 is 0 Å². The molecule has 3 nitrogen and oxygen atoms in total. The zero-order valence-electron chi connectivity index (χ0n) is 15.0. The molecule has 0 spiro atoms. The molecule has 0 aliphatic carbocycles. The summed E-state index contributed by atoms with van der Waals surface area (Å²) in [5.74, 6) is 0. The van der Waals surface area contributed by atoms with Gasteiger partial charge in [0.15, 0.2) is 0 Å². The van der Waals surface area contributed by atoms with Crippen molar-refractivity contribution in [3.8, 4) is 0 Å². The molecule has 0 N–H and O–H groups in total. The Morgan fingerprint density at radius 2 is 2.04 bits per heavy atom. The summed E-state index contributed by atoms with van der Waals surface area (Å²) in [5, 5.41) is 2.15. The maximum atomic E-state index is 6.64. The Morgan fingerprint density at radius 3 is 2.80 bits per heavy atom. The Balaban J connectivity index is 1.84. The molecule has 0 radical (unpaired) electrons. The zero-order chi connectivity index (χ0) is 17.6. The van der Waals surface area contributed by atoms with Crippen LogP contribution in [0.25, 0.3) is 10.9 Å². The second-order valence-electron chi connectivity index (χ2n) is 7.15. The molecule has 1 aliphatic rings. The van der Waals surface area contributed by atoms with Crippen LogP contribution in [-0.2, 0) is 19.4 Å². The van der Waals surface area contributed by atoms with Crippen molar-refractivity contribution >= 4 is 22.5 Å². The van der Waals surface area contributed by atoms with E-state index in [2.05, 4.69) is 53.5 Å². The number of likely N-dealkylation sites (N-methyl/N-ethyl adjacent to an activating group) is 1. The number of rotatable bonds is 3. The molecule has 1 aromatic carbocycles. The summed E-state index contributed by atoms with van der Waals surface area (Å²) in [5.41, 5.74) is 5.35. The smallest absolute Gasteiger partial charge is 0.0675 e. The fourth-order valence-corrected chi connectivity index (χ4v) is 4.45. The standard InChI is InChI=1S/C21H24ClN3/c1-14-12-19-20(15(2)24(14)3)17-7-4-8-18(22)21(17)25(19)11-9-16-6-5-10-23-13-16/h4-8,10,13-15H,9,11-12H2,1-3H3. The first-order valence-electron chi connectivity index (χ1n) is 8.98. The molecular formula is C21H24ClN3. The van der Waals surface area contributed by atoms with Gasteiger partial charge in [-0.05, 0) is 50.6 Å². The highest BCUT2D eigenvalue weighted by Crippen LogP contribution is 2.41. The van der Waals surface area contributed by atoms with E-state index in [9.17, 15) is 0 Å². The van der Waals surface area contributed by atoms with Crippen molar-refractivity contribution in [3.63, 3.8) is 0 Å². The van der Waals surface area contributed by atoms with Crippen LogP contribution in [0.3, 0.4) is 0 Å². The second kappa shape index (κ2) is 6.47. The van der Waals surface area contributed by atoms with Crippen LogP contribution in [0.1, 0.15) is 36.7 Å². The molecule has 3 aromatic rings. The van der Waals surface area contributed by atoms with Crippen molar-refractivity contribution in [2.45, 2.75) is 45.3 Å². The van der Waals surface area contributed by atoms with Gasteiger partial charge in [0, 0.05) is 48.5 Å². The number of para-hydroxylation sites is 1. The number of halogens is 1. The van der Waals surface area contributed by atoms with Crippen LogP contribution in [-0.4, -0.2) is 27.5 Å². The first-order chi connectivity index (χ1) is 12.1. The molecule has 4 heteroatoms. The van der Waals surface area contributed by atoms with Gasteiger partial charge in [0.25, 0.3) is 0 Å². The van der Waals surface area contributed by atoms with E-state index in [4.69, 9.17) is 11.6 Å². The number of hydrogen-bond acceptors (Lipinski definition) is 2. The summed E-state index contributed by atoms with van der Waals surface area (Å²) in [6.07, 6.45) is 5.81. The number of benzene rings is 1. The monoisotopic (exact) mass is 353 g/mol. The van der Waals surface area contributed by atoms with Crippen LogP contribution in [0.2, 0.25) is 5.02 Å². The molecule has 0 fully saturated rings. The summed E-state index contributed by atoms with van der Waals surface area (Å²) >= 11 is 6.64. The maximum absolute atomic E-state index is 6.64. The average Bonchev–Trinajstić information content (AvgIpc) is 2.93. The fourth-order valence-electron chi connectivity index (χ4n) is 4.17. The number of pyridine rings is 1. The van der Waals surface area contributed by atoms with Crippen LogP contribution in [0.15, 0.2) is 42.7 Å². The molecule has 4 rings (SSSR count). The third-order valence-corrected chi connectivity index (χ3v) is 6.05. The van der Waals surface area contributed by atoms with E-state index < -0.39 is 0 Å². The molecule has 25 heavy (non-hydrogen) atoms. The molecule has 0 saturated heterocycles. The Bertz CT molecular complexity index is 900. The average molecular weight is 354 g/mol. The minimum Gasteiger partial charge on any atom is -0.343 e. The molecule has 2 aromatic heterocycles. The highest BCUT2D eigenvalue weighted by molar-refractivity contribution is 6.35. The predicted molar refractivity (Wildman–Crippen MR) is 104 cm³/mol. The molecule has 0 saturated carbocycles. The van der Waals surface area contributed by atoms with Gasteiger partial charge < -0.3 is 4.57 Å². The summed E-state index contributed by atoms with van der Waals surface area (Å²) in [6, 6.07) is 11.4. The molecule has 0 amide bonds. The van der Waals surface area contributed by atoms with Gasteiger partial charge in [-0.3, -0.25) is 9.88 Å². The first kappa shape index (κ1) is 16.6. The van der Waals surface area contributed by atoms with E-state index in [-0.39, 0.29) is 0 Å². The van der Waals surface area contributed by atoms with Crippen molar-refractivity contribution in [3.05, 3.63) is 64.6 Å². The van der Waals surface area contributed by atoms with Crippen LogP contribution in [0, 0.1) is 0 Å². The van der Waals surface area contributed by atoms with Crippen LogP contribution in [0.5, 0.6) is 0 Å². The predicted octanol–water partition coefficient (Wildman–Crippen LogP) is 4.87. The normalized spacial score (nSPS) is 20.8. The maximum Gasteiger partial charge on any atom is 0.0675 e. The number of fused-ring (bicyclic) bond motifs is 3. The Morgan fingerprint density at radius 1 is 1.20 bits per heavy atom. The van der Waals surface area contributed by atoms with Gasteiger partial charge in [-0.1, -0.05) is 29.8 Å². The number of aromatic nitrogens is 2. The third kappa shape index (κ3) is 2.76. The second-order valence-corrected chi connectivity index (χ2v) is 7.56. The summed E-state index contributed by atoms with van der Waals surface area (Å²) < 4.78 is 2.46. The van der Waals surface area contributed by atoms with Gasteiger partial charge in [0.1, 0.15) is 0 Å². The van der Waals surface area contributed by atoms with Gasteiger partial charge in [0.2, 0.25) is 0 Å². The lowest BCUT2D eigenvalue weighted by Crippen LogP contribution is -2.38. The third-order valence-electron chi connectivity index (χ3n) is 5.74. The number of aryl methyl sites for hydroxylation is 2. The molecule has 0 bridgehead atoms. The van der Waals surface area contributed by atoms with Crippen molar-refractivity contribution < 1.29 is 0 Å². The summed E-state index contributed by atoms with van der Waals surface area (Å²) in [6.45, 7) is 5.55. The van der Waals surface area contributed by atoms with Crippen molar-refractivity contribution in [2.75, 3.05) is 7.05 Å². The first-order valence-corrected chi connectivity index (χ1v) is 9.36. The SMILES string of the molecule is CC1Cc2c(c3cccc(Cl)c3n2CCc2cccnc2)C(C)N1C. The minimum absolute atomic E-state index is 0.402. The zero-order valence-corrected chi connectivity index (χ0v) is 15.8. The van der Waals surface area contributed by atoms with Crippen LogP contribution >= 0.6 is 11.6 Å². The summed E-state index contributed by atoms with van der Waals surface area (Å²) in [7, 11) is 2.22. The van der Waals surface area contributed by atoms with E-state index in [0.29, 0.717) is 12.1 Å². The lowest BCUT2D eigenvalue weighted by Gasteiger charge is -2.36. The molecule has 3 heterocycles. The summed E-state index contributed by atoms with van der Waals surface area (Å²) in [4.78, 5) is 6.71. The number of hydrogen-bond donors (Lipinski definition) is 0. The van der Waals surface area contributed by atoms with E-state index in [1.165, 1.54) is 27.7 Å². The van der Waals surface area contributed by atoms with Crippen molar-refractivity contribution in [2.24, 2.45) is 0 Å². The van der Waals surface area contributed by atoms with E-state index in [1.807, 2.05) is 24.5 Å². The van der Waals surface area contributed by atoms with E-state index in [1.54, 1.807) is 0 Å². The van der Waals surface area contributed by atoms with E-state index >= 15 is 0 Å². The van der Waals surface area contributed by atoms with Gasteiger partial charge in [-0.25, -0.2) is 0 Å². The topological polar surface area (TPSA) is 21.1 Å². The highest BCUT2D eigenvalue weighted by atomic mass is 35.5. The Hall–Kier alpha value is -1.84. The quantitative estimate of drug-likeness (QED) is 0.669. The van der Waals surface area contributed by atoms with E-state index in [0.717, 1.165) is 24.4 Å². The lowest BCUT2D eigenvalue weighted by atomic mass is 9.93. The van der Waals surface area contributed by atoms with Crippen LogP contribution in [0.4, 0.5) is 0 Å². The Kier molecular flexibility index (Phi) is 4.30. The molecular weight excluding hydrogens is 330 g/mol. The van der Waals surface area contributed by atoms with Gasteiger partial charge in [-0.15, -0.1) is 0 Å². The molecule has 2 unspecified atom stereocenters. The molecule has 2 atom stereocenters. The van der Waals surface area contributed by atoms with Gasteiger partial charge in [0.05, 0.1) is 10.5 Å². The number of nitrogens with zero attached hydrogens (tertiary/aromatic N) is 3. The molecule has 1 aliphatic heterocycles. The largest absolute Gasteiger partial charge is 0.343 e. The fraction of sp³-hybridized carbons (Fsp3) is 0.381. The van der Waals surface area contributed by atoms with Gasteiger partial charge in [-0.2, -0.15) is 0 Å². The minimum atomic E-state index is 0.402.